The highest BCUT2D eigenvalue weighted by molar-refractivity contribution is 9.10. The second-order valence-electron chi connectivity index (χ2n) is 10.7. The molecule has 3 aromatic rings. The number of hydrogen-bond acceptors (Lipinski definition) is 6. The number of benzene rings is 3. The van der Waals surface area contributed by atoms with Crippen LogP contribution in [0.2, 0.25) is 0 Å². The van der Waals surface area contributed by atoms with Crippen molar-refractivity contribution in [3.8, 4) is 11.5 Å². The lowest BCUT2D eigenvalue weighted by Gasteiger charge is -2.21. The average Bonchev–Trinajstić information content (AvgIpc) is 2.95. The van der Waals surface area contributed by atoms with Crippen LogP contribution in [-0.2, 0) is 19.1 Å². The van der Waals surface area contributed by atoms with Crippen molar-refractivity contribution in [2.75, 3.05) is 13.2 Å². The van der Waals surface area contributed by atoms with Gasteiger partial charge in [-0.2, -0.15) is 0 Å². The van der Waals surface area contributed by atoms with Gasteiger partial charge in [-0.25, -0.2) is 0 Å². The summed E-state index contributed by atoms with van der Waals surface area (Å²) in [6.07, 6.45) is 8.40. The van der Waals surface area contributed by atoms with Crippen molar-refractivity contribution in [3.05, 3.63) is 46.9 Å². The highest BCUT2D eigenvalue weighted by Crippen LogP contribution is 2.43. The first-order chi connectivity index (χ1) is 19.8. The lowest BCUT2D eigenvalue weighted by molar-refractivity contribution is -0.150. The van der Waals surface area contributed by atoms with Gasteiger partial charge in [0.25, 0.3) is 0 Å². The molecule has 2 atom stereocenters. The van der Waals surface area contributed by atoms with Crippen LogP contribution >= 0.6 is 15.9 Å². The predicted molar refractivity (Wildman–Crippen MR) is 169 cm³/mol. The molecule has 224 valence electrons. The molecular weight excluding hydrogens is 584 g/mol. The Morgan fingerprint density at radius 2 is 1.12 bits per heavy atom. The molecule has 0 bridgehead atoms. The number of rotatable bonds is 18. The number of unbranched alkanes of at least 4 members (excludes halogenated alkanes) is 6. The number of carbonyl (C=O) groups excluding carboxylic acids is 2. The van der Waals surface area contributed by atoms with Crippen LogP contribution in [0.15, 0.2) is 46.9 Å². The fraction of sp³-hybridized carbons (Fsp3) is 0.529. The second kappa shape index (κ2) is 17.2. The van der Waals surface area contributed by atoms with Gasteiger partial charge in [-0.1, -0.05) is 92.6 Å². The normalized spacial score (nSPS) is 12.7. The largest absolute Gasteiger partial charge is 0.488 e. The van der Waals surface area contributed by atoms with Crippen LogP contribution < -0.4 is 9.47 Å². The molecule has 0 N–H and O–H groups in total. The first kappa shape index (κ1) is 32.7. The Hall–Kier alpha value is -2.80. The summed E-state index contributed by atoms with van der Waals surface area (Å²) in [4.78, 5) is 24.6. The van der Waals surface area contributed by atoms with E-state index in [1.807, 2.05) is 56.3 Å². The molecule has 0 aliphatic heterocycles. The van der Waals surface area contributed by atoms with Gasteiger partial charge in [-0.3, -0.25) is 9.59 Å². The Labute approximate surface area is 253 Å². The molecule has 2 unspecified atom stereocenters. The molecule has 0 aromatic heterocycles. The van der Waals surface area contributed by atoms with Gasteiger partial charge in [0.05, 0.1) is 0 Å². The third kappa shape index (κ3) is 10.2. The fourth-order valence-electron chi connectivity index (χ4n) is 4.81. The third-order valence-electron chi connectivity index (χ3n) is 6.95. The maximum absolute atomic E-state index is 12.3. The van der Waals surface area contributed by atoms with E-state index in [1.165, 1.54) is 0 Å². The van der Waals surface area contributed by atoms with Gasteiger partial charge in [-0.05, 0) is 44.9 Å². The molecule has 0 amide bonds. The van der Waals surface area contributed by atoms with Gasteiger partial charge in [-0.15, -0.1) is 0 Å². The number of hydrogen-bond donors (Lipinski definition) is 0. The van der Waals surface area contributed by atoms with Crippen LogP contribution in [0.4, 0.5) is 0 Å². The minimum atomic E-state index is -0.386. The quantitative estimate of drug-likeness (QED) is 0.0794. The van der Waals surface area contributed by atoms with E-state index in [2.05, 4.69) is 29.8 Å². The summed E-state index contributed by atoms with van der Waals surface area (Å²) in [5.41, 5.74) is 0. The van der Waals surface area contributed by atoms with E-state index >= 15 is 0 Å². The lowest BCUT2D eigenvalue weighted by Crippen LogP contribution is -2.22. The lowest BCUT2D eigenvalue weighted by atomic mass is 10.0. The van der Waals surface area contributed by atoms with Crippen molar-refractivity contribution in [2.24, 2.45) is 0 Å². The van der Waals surface area contributed by atoms with Gasteiger partial charge in [0, 0.05) is 38.9 Å². The zero-order valence-electron chi connectivity index (χ0n) is 25.0. The number of fused-ring (bicyclic) bond motifs is 2. The van der Waals surface area contributed by atoms with Crippen LogP contribution in [0.25, 0.3) is 21.5 Å². The molecule has 0 saturated heterocycles. The van der Waals surface area contributed by atoms with Crippen LogP contribution in [0.3, 0.4) is 0 Å². The first-order valence-electron chi connectivity index (χ1n) is 15.1. The summed E-state index contributed by atoms with van der Waals surface area (Å²) in [5, 5.41) is 3.56. The predicted octanol–water partition coefficient (Wildman–Crippen LogP) is 9.32. The Bertz CT molecular complexity index is 1270. The van der Waals surface area contributed by atoms with E-state index in [9.17, 15) is 9.59 Å². The van der Waals surface area contributed by atoms with Crippen LogP contribution in [0, 0.1) is 0 Å². The number of ether oxygens (including phenoxy) is 4. The van der Waals surface area contributed by atoms with Gasteiger partial charge in [0.2, 0.25) is 0 Å². The molecule has 7 heteroatoms. The van der Waals surface area contributed by atoms with Crippen molar-refractivity contribution < 1.29 is 28.5 Å². The maximum Gasteiger partial charge on any atom is 0.306 e. The molecule has 0 spiro atoms. The number of carbonyl (C=O) groups is 2. The second-order valence-corrected chi connectivity index (χ2v) is 11.7. The van der Waals surface area contributed by atoms with Crippen LogP contribution in [-0.4, -0.2) is 37.4 Å². The maximum atomic E-state index is 12.3. The van der Waals surface area contributed by atoms with Crippen molar-refractivity contribution >= 4 is 49.4 Å². The number of esters is 2. The fourth-order valence-corrected chi connectivity index (χ4v) is 5.17. The zero-order chi connectivity index (χ0) is 29.6. The van der Waals surface area contributed by atoms with Gasteiger partial charge >= 0.3 is 11.9 Å². The van der Waals surface area contributed by atoms with Crippen molar-refractivity contribution in [1.82, 2.24) is 0 Å². The van der Waals surface area contributed by atoms with Gasteiger partial charge in [0.1, 0.15) is 36.9 Å². The zero-order valence-corrected chi connectivity index (χ0v) is 26.6. The minimum Gasteiger partial charge on any atom is -0.488 e. The molecule has 0 fully saturated rings. The number of halogens is 1. The Balaban J connectivity index is 1.75. The summed E-state index contributed by atoms with van der Waals surface area (Å²) in [6.45, 7) is 8.48. The summed E-state index contributed by atoms with van der Waals surface area (Å²) >= 11 is 3.60. The van der Waals surface area contributed by atoms with E-state index in [1.54, 1.807) is 0 Å². The summed E-state index contributed by atoms with van der Waals surface area (Å²) in [7, 11) is 0. The molecule has 0 radical (unpaired) electrons. The summed E-state index contributed by atoms with van der Waals surface area (Å²) in [6, 6.07) is 13.9. The first-order valence-corrected chi connectivity index (χ1v) is 15.9. The smallest absolute Gasteiger partial charge is 0.306 e. The molecule has 6 nitrogen and oxygen atoms in total. The Morgan fingerprint density at radius 1 is 0.659 bits per heavy atom. The van der Waals surface area contributed by atoms with E-state index in [0.717, 1.165) is 77.4 Å². The molecule has 3 aromatic carbocycles. The average molecular weight is 630 g/mol. The molecule has 0 heterocycles. The monoisotopic (exact) mass is 628 g/mol. The van der Waals surface area contributed by atoms with Crippen molar-refractivity contribution in [2.45, 2.75) is 104 Å². The Kier molecular flexibility index (Phi) is 13.7. The molecule has 41 heavy (non-hydrogen) atoms. The van der Waals surface area contributed by atoms with E-state index in [4.69, 9.17) is 18.9 Å². The van der Waals surface area contributed by atoms with Crippen LogP contribution in [0.1, 0.15) is 91.9 Å². The highest BCUT2D eigenvalue weighted by Gasteiger charge is 2.19. The Morgan fingerprint density at radius 3 is 1.61 bits per heavy atom. The van der Waals surface area contributed by atoms with Crippen molar-refractivity contribution in [1.29, 1.82) is 0 Å². The topological polar surface area (TPSA) is 71.1 Å². The van der Waals surface area contributed by atoms with E-state index in [0.29, 0.717) is 24.3 Å². The molecule has 0 aliphatic carbocycles. The molecule has 0 saturated carbocycles. The summed E-state index contributed by atoms with van der Waals surface area (Å²) < 4.78 is 24.8. The van der Waals surface area contributed by atoms with E-state index < -0.39 is 0 Å². The van der Waals surface area contributed by atoms with Gasteiger partial charge in [0.15, 0.2) is 0 Å². The molecule has 0 aliphatic rings. The molecular formula is C34H45BrO6. The van der Waals surface area contributed by atoms with Gasteiger partial charge < -0.3 is 18.9 Å². The highest BCUT2D eigenvalue weighted by atomic mass is 79.9. The van der Waals surface area contributed by atoms with Crippen molar-refractivity contribution in [3.63, 3.8) is 0 Å². The summed E-state index contributed by atoms with van der Waals surface area (Å²) in [5.74, 6) is 1.05. The minimum absolute atomic E-state index is 0.185. The standard InChI is InChI=1S/C34H45BrO6/c1-5-7-9-11-17-31(36)40-24(3)22-38-33-27-15-13-14-16-28(27)34(30-21-26(35)19-20-29(30)33)39-23-25(4)41-32(37)18-12-10-8-6-2/h13-16,19-21,24-25H,5-12,17-18,22-23H2,1-4H3. The SMILES string of the molecule is CCCCCCC(=O)OC(C)COc1c2ccccc2c(OCC(C)OC(=O)CCCCCC)c2cc(Br)ccc12. The molecule has 3 rings (SSSR count). The van der Waals surface area contributed by atoms with Crippen LogP contribution in [0.5, 0.6) is 11.5 Å². The van der Waals surface area contributed by atoms with E-state index in [-0.39, 0.29) is 37.4 Å². The third-order valence-corrected chi connectivity index (χ3v) is 7.44.